The predicted octanol–water partition coefficient (Wildman–Crippen LogP) is 2.63. The van der Waals surface area contributed by atoms with Crippen LogP contribution in [-0.4, -0.2) is 0 Å². The van der Waals surface area contributed by atoms with Crippen molar-refractivity contribution >= 4 is 27.5 Å². The Kier molecular flexibility index (Phi) is 3.10. The molecule has 0 saturated heterocycles. The molecule has 0 spiro atoms. The van der Waals surface area contributed by atoms with Crippen LogP contribution in [-0.2, 0) is 0 Å². The van der Waals surface area contributed by atoms with Gasteiger partial charge < -0.3 is 5.73 Å². The second kappa shape index (κ2) is 3.90. The van der Waals surface area contributed by atoms with E-state index in [-0.39, 0.29) is 0 Å². The first-order valence-electron chi connectivity index (χ1n) is 3.25. The van der Waals surface area contributed by atoms with E-state index in [1.54, 1.807) is 18.2 Å². The number of rotatable bonds is 1. The number of benzene rings is 1. The van der Waals surface area contributed by atoms with E-state index >= 15 is 0 Å². The minimum Gasteiger partial charge on any atom is -0.312 e. The van der Waals surface area contributed by atoms with Gasteiger partial charge in [0.05, 0.1) is 6.07 Å². The summed E-state index contributed by atoms with van der Waals surface area (Å²) >= 11 is 8.98. The van der Waals surface area contributed by atoms with E-state index in [1.165, 1.54) is 0 Å². The molecule has 2 nitrogen and oxygen atoms in total. The molecule has 1 aromatic carbocycles. The van der Waals surface area contributed by atoms with Crippen molar-refractivity contribution in [1.29, 1.82) is 5.26 Å². The van der Waals surface area contributed by atoms with Gasteiger partial charge in [-0.3, -0.25) is 0 Å². The van der Waals surface area contributed by atoms with Crippen LogP contribution in [0.3, 0.4) is 0 Å². The van der Waals surface area contributed by atoms with Crippen molar-refractivity contribution in [2.45, 2.75) is 6.04 Å². The van der Waals surface area contributed by atoms with E-state index in [4.69, 9.17) is 22.6 Å². The molecular weight excluding hydrogens is 239 g/mol. The fraction of sp³-hybridized carbons (Fsp3) is 0.125. The summed E-state index contributed by atoms with van der Waals surface area (Å²) < 4.78 is 0.768. The molecule has 1 rings (SSSR count). The van der Waals surface area contributed by atoms with Crippen molar-refractivity contribution in [3.8, 4) is 6.07 Å². The smallest absolute Gasteiger partial charge is 0.119 e. The van der Waals surface area contributed by atoms with Gasteiger partial charge in [-0.2, -0.15) is 5.26 Å². The number of hydrogen-bond donors (Lipinski definition) is 1. The van der Waals surface area contributed by atoms with Crippen LogP contribution in [0, 0.1) is 11.3 Å². The lowest BCUT2D eigenvalue weighted by atomic mass is 10.1. The number of halogens is 2. The molecule has 1 aromatic rings. The molecule has 0 bridgehead atoms. The largest absolute Gasteiger partial charge is 0.312 e. The molecule has 0 aliphatic heterocycles. The molecule has 2 N–H and O–H groups in total. The first kappa shape index (κ1) is 9.53. The summed E-state index contributed by atoms with van der Waals surface area (Å²) in [4.78, 5) is 0. The minimum atomic E-state index is -0.600. The summed E-state index contributed by atoms with van der Waals surface area (Å²) in [6.45, 7) is 0. The van der Waals surface area contributed by atoms with Gasteiger partial charge in [-0.15, -0.1) is 0 Å². The summed E-state index contributed by atoms with van der Waals surface area (Å²) in [5.41, 5.74) is 6.26. The summed E-state index contributed by atoms with van der Waals surface area (Å²) in [5.74, 6) is 0. The molecule has 0 aliphatic rings. The second-order valence-corrected chi connectivity index (χ2v) is 3.56. The fourth-order valence-electron chi connectivity index (χ4n) is 0.823. The first-order chi connectivity index (χ1) is 5.65. The second-order valence-electron chi connectivity index (χ2n) is 2.27. The standard InChI is InChI=1S/C8H6BrClN2/c9-7-3-5(10)1-2-6(7)8(12)4-11/h1-3,8H,12H2. The van der Waals surface area contributed by atoms with E-state index in [1.807, 2.05) is 6.07 Å². The van der Waals surface area contributed by atoms with Crippen LogP contribution in [0.5, 0.6) is 0 Å². The minimum absolute atomic E-state index is 0.600. The predicted molar refractivity (Wildman–Crippen MR) is 51.7 cm³/mol. The van der Waals surface area contributed by atoms with Crippen LogP contribution in [0.4, 0.5) is 0 Å². The lowest BCUT2D eigenvalue weighted by Gasteiger charge is -2.05. The molecule has 62 valence electrons. The van der Waals surface area contributed by atoms with Gasteiger partial charge in [0.2, 0.25) is 0 Å². The summed E-state index contributed by atoms with van der Waals surface area (Å²) in [7, 11) is 0. The third-order valence-electron chi connectivity index (χ3n) is 1.44. The van der Waals surface area contributed by atoms with Gasteiger partial charge in [0.25, 0.3) is 0 Å². The molecule has 0 fully saturated rings. The van der Waals surface area contributed by atoms with E-state index < -0.39 is 6.04 Å². The van der Waals surface area contributed by atoms with Crippen LogP contribution in [0.2, 0.25) is 5.02 Å². The molecule has 0 aliphatic carbocycles. The zero-order valence-corrected chi connectivity index (χ0v) is 8.43. The van der Waals surface area contributed by atoms with Gasteiger partial charge in [-0.1, -0.05) is 33.6 Å². The van der Waals surface area contributed by atoms with E-state index in [9.17, 15) is 0 Å². The molecule has 0 saturated carbocycles. The lowest BCUT2D eigenvalue weighted by Crippen LogP contribution is -2.07. The Morgan fingerprint density at radius 3 is 2.75 bits per heavy atom. The van der Waals surface area contributed by atoms with Crippen LogP contribution >= 0.6 is 27.5 Å². The molecular formula is C8H6BrClN2. The molecule has 1 atom stereocenters. The van der Waals surface area contributed by atoms with E-state index in [0.29, 0.717) is 5.02 Å². The summed E-state index contributed by atoms with van der Waals surface area (Å²) in [5, 5.41) is 9.17. The maximum atomic E-state index is 8.55. The zero-order chi connectivity index (χ0) is 9.14. The normalized spacial score (nSPS) is 12.2. The lowest BCUT2D eigenvalue weighted by molar-refractivity contribution is 0.920. The Morgan fingerprint density at radius 1 is 1.58 bits per heavy atom. The number of nitrogens with two attached hydrogens (primary N) is 1. The number of nitriles is 1. The van der Waals surface area contributed by atoms with E-state index in [2.05, 4.69) is 15.9 Å². The van der Waals surface area contributed by atoms with Crippen LogP contribution in [0.15, 0.2) is 22.7 Å². The highest BCUT2D eigenvalue weighted by Crippen LogP contribution is 2.25. The van der Waals surface area contributed by atoms with Gasteiger partial charge in [0.15, 0.2) is 0 Å². The summed E-state index contributed by atoms with van der Waals surface area (Å²) in [6.07, 6.45) is 0. The maximum Gasteiger partial charge on any atom is 0.119 e. The SMILES string of the molecule is N#CC(N)c1ccc(Cl)cc1Br. The van der Waals surface area contributed by atoms with Crippen molar-refractivity contribution in [2.75, 3.05) is 0 Å². The van der Waals surface area contributed by atoms with Crippen molar-refractivity contribution < 1.29 is 0 Å². The van der Waals surface area contributed by atoms with Crippen molar-refractivity contribution in [3.63, 3.8) is 0 Å². The van der Waals surface area contributed by atoms with Crippen LogP contribution in [0.1, 0.15) is 11.6 Å². The fourth-order valence-corrected chi connectivity index (χ4v) is 1.75. The topological polar surface area (TPSA) is 49.8 Å². The van der Waals surface area contributed by atoms with Gasteiger partial charge in [0.1, 0.15) is 6.04 Å². The Hall–Kier alpha value is -0.560. The molecule has 12 heavy (non-hydrogen) atoms. The Bertz CT molecular complexity index is 332. The monoisotopic (exact) mass is 244 g/mol. The third-order valence-corrected chi connectivity index (χ3v) is 2.36. The van der Waals surface area contributed by atoms with Crippen molar-refractivity contribution in [3.05, 3.63) is 33.3 Å². The Labute approximate surface area is 84.1 Å². The van der Waals surface area contributed by atoms with Crippen LogP contribution < -0.4 is 5.73 Å². The molecule has 0 amide bonds. The molecule has 0 aromatic heterocycles. The van der Waals surface area contributed by atoms with Crippen LogP contribution in [0.25, 0.3) is 0 Å². The molecule has 0 radical (unpaired) electrons. The van der Waals surface area contributed by atoms with Crippen molar-refractivity contribution in [2.24, 2.45) is 5.73 Å². The third kappa shape index (κ3) is 1.98. The van der Waals surface area contributed by atoms with Crippen molar-refractivity contribution in [1.82, 2.24) is 0 Å². The highest BCUT2D eigenvalue weighted by molar-refractivity contribution is 9.10. The first-order valence-corrected chi connectivity index (χ1v) is 4.42. The Balaban J connectivity index is 3.11. The molecule has 4 heteroatoms. The van der Waals surface area contributed by atoms with Gasteiger partial charge in [0, 0.05) is 9.50 Å². The maximum absolute atomic E-state index is 8.55. The number of hydrogen-bond acceptors (Lipinski definition) is 2. The molecule has 1 unspecified atom stereocenters. The summed E-state index contributed by atoms with van der Waals surface area (Å²) in [6, 6.07) is 6.51. The zero-order valence-electron chi connectivity index (χ0n) is 6.09. The quantitative estimate of drug-likeness (QED) is 0.827. The Morgan fingerprint density at radius 2 is 2.25 bits per heavy atom. The average molecular weight is 246 g/mol. The molecule has 0 heterocycles. The van der Waals surface area contributed by atoms with Gasteiger partial charge >= 0.3 is 0 Å². The highest BCUT2D eigenvalue weighted by atomic mass is 79.9. The van der Waals surface area contributed by atoms with E-state index in [0.717, 1.165) is 10.0 Å². The number of nitrogens with zero attached hydrogens (tertiary/aromatic N) is 1. The highest BCUT2D eigenvalue weighted by Gasteiger charge is 2.07. The van der Waals surface area contributed by atoms with Gasteiger partial charge in [-0.25, -0.2) is 0 Å². The van der Waals surface area contributed by atoms with Gasteiger partial charge in [-0.05, 0) is 17.7 Å². The average Bonchev–Trinajstić information content (AvgIpc) is 2.03.